The van der Waals surface area contributed by atoms with Crippen molar-refractivity contribution in [3.63, 3.8) is 0 Å². The normalized spacial score (nSPS) is 26.2. The molecule has 0 bridgehead atoms. The van der Waals surface area contributed by atoms with E-state index in [1.54, 1.807) is 0 Å². The topological polar surface area (TPSA) is 60.2 Å². The van der Waals surface area contributed by atoms with Gasteiger partial charge in [0.05, 0.1) is 10.5 Å². The summed E-state index contributed by atoms with van der Waals surface area (Å²) < 4.78 is 75.9. The minimum atomic E-state index is -4.65. The second-order valence-electron chi connectivity index (χ2n) is 6.02. The summed E-state index contributed by atoms with van der Waals surface area (Å²) in [7, 11) is -4.20. The van der Waals surface area contributed by atoms with Crippen LogP contribution in [0.3, 0.4) is 0 Å². The van der Waals surface area contributed by atoms with Crippen LogP contribution in [0.2, 0.25) is 0 Å². The van der Waals surface area contributed by atoms with E-state index < -0.39 is 37.9 Å². The summed E-state index contributed by atoms with van der Waals surface area (Å²) in [5.74, 6) is 0.131. The highest BCUT2D eigenvalue weighted by Crippen LogP contribution is 2.42. The standard InChI is InChI=1S/C15H19F4NO2S/c16-10-14(6-4-11(9-20)5-7-14)23(21,22)13-3-1-2-12(8-13)15(17,18)19/h1-3,8,11H,4-7,9-10,20H2. The van der Waals surface area contributed by atoms with E-state index in [4.69, 9.17) is 5.73 Å². The van der Waals surface area contributed by atoms with Gasteiger partial charge in [0.2, 0.25) is 0 Å². The molecule has 0 aromatic heterocycles. The highest BCUT2D eigenvalue weighted by atomic mass is 32.2. The summed E-state index contributed by atoms with van der Waals surface area (Å²) in [4.78, 5) is -0.476. The first-order chi connectivity index (χ1) is 10.7. The first kappa shape index (κ1) is 18.2. The Labute approximate surface area is 132 Å². The smallest absolute Gasteiger partial charge is 0.330 e. The first-order valence-corrected chi connectivity index (χ1v) is 8.82. The lowest BCUT2D eigenvalue weighted by molar-refractivity contribution is -0.137. The van der Waals surface area contributed by atoms with Crippen LogP contribution in [0.4, 0.5) is 17.6 Å². The second kappa shape index (κ2) is 6.39. The molecule has 0 unspecified atom stereocenters. The Morgan fingerprint density at radius 1 is 1.22 bits per heavy atom. The largest absolute Gasteiger partial charge is 0.416 e. The molecule has 2 rings (SSSR count). The third kappa shape index (κ3) is 3.38. The van der Waals surface area contributed by atoms with Crippen molar-refractivity contribution in [3.05, 3.63) is 29.8 Å². The number of halogens is 4. The third-order valence-electron chi connectivity index (χ3n) is 4.63. The van der Waals surface area contributed by atoms with Crippen molar-refractivity contribution in [3.8, 4) is 0 Å². The van der Waals surface area contributed by atoms with Gasteiger partial charge in [-0.3, -0.25) is 0 Å². The van der Waals surface area contributed by atoms with Gasteiger partial charge in [0.1, 0.15) is 11.4 Å². The molecule has 3 nitrogen and oxygen atoms in total. The van der Waals surface area contributed by atoms with Crippen LogP contribution in [-0.4, -0.2) is 26.4 Å². The predicted octanol–water partition coefficient (Wildman–Crippen LogP) is 3.34. The zero-order valence-electron chi connectivity index (χ0n) is 12.4. The fourth-order valence-corrected chi connectivity index (χ4v) is 4.96. The van der Waals surface area contributed by atoms with E-state index in [2.05, 4.69) is 0 Å². The van der Waals surface area contributed by atoms with Crippen LogP contribution in [0.25, 0.3) is 0 Å². The first-order valence-electron chi connectivity index (χ1n) is 7.34. The van der Waals surface area contributed by atoms with Crippen molar-refractivity contribution in [1.29, 1.82) is 0 Å². The van der Waals surface area contributed by atoms with Crippen molar-refractivity contribution in [1.82, 2.24) is 0 Å². The summed E-state index contributed by atoms with van der Waals surface area (Å²) in [6.07, 6.45) is -3.59. The maximum atomic E-state index is 13.6. The summed E-state index contributed by atoms with van der Waals surface area (Å²) in [6.45, 7) is -0.713. The van der Waals surface area contributed by atoms with Crippen LogP contribution in [0, 0.1) is 5.92 Å². The van der Waals surface area contributed by atoms with Gasteiger partial charge in [-0.15, -0.1) is 0 Å². The Balaban J connectivity index is 2.41. The molecule has 23 heavy (non-hydrogen) atoms. The number of rotatable bonds is 4. The molecule has 0 saturated heterocycles. The molecular weight excluding hydrogens is 334 g/mol. The van der Waals surface area contributed by atoms with Gasteiger partial charge >= 0.3 is 6.18 Å². The van der Waals surface area contributed by atoms with Crippen LogP contribution in [0.1, 0.15) is 31.2 Å². The molecule has 1 aromatic rings. The second-order valence-corrected chi connectivity index (χ2v) is 8.37. The number of alkyl halides is 4. The molecule has 8 heteroatoms. The summed E-state index contributed by atoms with van der Waals surface area (Å²) in [5.41, 5.74) is 4.50. The summed E-state index contributed by atoms with van der Waals surface area (Å²) >= 11 is 0. The Kier molecular flexibility index (Phi) is 5.06. The van der Waals surface area contributed by atoms with E-state index in [0.29, 0.717) is 25.5 Å². The Morgan fingerprint density at radius 3 is 2.30 bits per heavy atom. The average molecular weight is 353 g/mol. The van der Waals surface area contributed by atoms with E-state index in [9.17, 15) is 26.0 Å². The number of hydrogen-bond donors (Lipinski definition) is 1. The molecule has 130 valence electrons. The third-order valence-corrected chi connectivity index (χ3v) is 7.17. The van der Waals surface area contributed by atoms with E-state index in [0.717, 1.165) is 18.2 Å². The fourth-order valence-electron chi connectivity index (χ4n) is 3.00. The molecule has 0 radical (unpaired) electrons. The van der Waals surface area contributed by atoms with Crippen LogP contribution >= 0.6 is 0 Å². The van der Waals surface area contributed by atoms with Crippen molar-refractivity contribution in [2.75, 3.05) is 13.2 Å². The molecule has 0 spiro atoms. The van der Waals surface area contributed by atoms with Gasteiger partial charge in [-0.1, -0.05) is 6.07 Å². The van der Waals surface area contributed by atoms with Crippen LogP contribution in [-0.2, 0) is 16.0 Å². The molecule has 1 aromatic carbocycles. The average Bonchev–Trinajstić information content (AvgIpc) is 2.54. The van der Waals surface area contributed by atoms with Gasteiger partial charge in [-0.2, -0.15) is 13.2 Å². The highest BCUT2D eigenvalue weighted by molar-refractivity contribution is 7.92. The van der Waals surface area contributed by atoms with E-state index in [1.807, 2.05) is 0 Å². The molecule has 1 aliphatic carbocycles. The summed E-state index contributed by atoms with van der Waals surface area (Å²) in [6, 6.07) is 3.51. The SMILES string of the molecule is NCC1CCC(CF)(S(=O)(=O)c2cccc(C(F)(F)F)c2)CC1. The highest BCUT2D eigenvalue weighted by Gasteiger charge is 2.47. The van der Waals surface area contributed by atoms with Gasteiger partial charge in [0.15, 0.2) is 9.84 Å². The Bertz CT molecular complexity index is 650. The Morgan fingerprint density at radius 2 is 1.83 bits per heavy atom. The monoisotopic (exact) mass is 353 g/mol. The lowest BCUT2D eigenvalue weighted by Crippen LogP contribution is -2.45. The molecule has 2 N–H and O–H groups in total. The maximum absolute atomic E-state index is 13.6. The molecule has 1 aliphatic rings. The Hall–Kier alpha value is -1.15. The minimum absolute atomic E-state index is 0.0734. The lowest BCUT2D eigenvalue weighted by Gasteiger charge is -2.37. The van der Waals surface area contributed by atoms with Crippen molar-refractivity contribution >= 4 is 9.84 Å². The number of sulfone groups is 1. The van der Waals surface area contributed by atoms with Gasteiger partial charge < -0.3 is 5.73 Å². The quantitative estimate of drug-likeness (QED) is 0.845. The predicted molar refractivity (Wildman–Crippen MR) is 78.3 cm³/mol. The van der Waals surface area contributed by atoms with E-state index in [1.165, 1.54) is 0 Å². The molecule has 1 saturated carbocycles. The van der Waals surface area contributed by atoms with Crippen molar-refractivity contribution in [2.24, 2.45) is 11.7 Å². The molecule has 0 amide bonds. The van der Waals surface area contributed by atoms with Crippen LogP contribution in [0.5, 0.6) is 0 Å². The fraction of sp³-hybridized carbons (Fsp3) is 0.600. The minimum Gasteiger partial charge on any atom is -0.330 e. The van der Waals surface area contributed by atoms with Gasteiger partial charge in [0, 0.05) is 0 Å². The van der Waals surface area contributed by atoms with Gasteiger partial charge in [-0.05, 0) is 56.3 Å². The molecule has 0 aliphatic heterocycles. The van der Waals surface area contributed by atoms with Crippen LogP contribution < -0.4 is 5.73 Å². The number of nitrogens with two attached hydrogens (primary N) is 1. The van der Waals surface area contributed by atoms with E-state index in [-0.39, 0.29) is 18.8 Å². The van der Waals surface area contributed by atoms with Crippen LogP contribution in [0.15, 0.2) is 29.2 Å². The molecule has 0 atom stereocenters. The summed E-state index contributed by atoms with van der Waals surface area (Å²) in [5, 5.41) is 0. The molecular formula is C15H19F4NO2S. The number of benzene rings is 1. The molecule has 0 heterocycles. The number of hydrogen-bond acceptors (Lipinski definition) is 3. The zero-order chi connectivity index (χ0) is 17.3. The zero-order valence-corrected chi connectivity index (χ0v) is 13.3. The van der Waals surface area contributed by atoms with Gasteiger partial charge in [0.25, 0.3) is 0 Å². The van der Waals surface area contributed by atoms with Gasteiger partial charge in [-0.25, -0.2) is 12.8 Å². The lowest BCUT2D eigenvalue weighted by atomic mass is 9.82. The molecule has 1 fully saturated rings. The maximum Gasteiger partial charge on any atom is 0.416 e. The van der Waals surface area contributed by atoms with Crippen molar-refractivity contribution in [2.45, 2.75) is 41.5 Å². The van der Waals surface area contributed by atoms with Crippen molar-refractivity contribution < 1.29 is 26.0 Å². The van der Waals surface area contributed by atoms with E-state index >= 15 is 0 Å².